The van der Waals surface area contributed by atoms with E-state index in [2.05, 4.69) is 5.32 Å². The number of nitrogens with zero attached hydrogens (tertiary/aromatic N) is 2. The van der Waals surface area contributed by atoms with Crippen molar-refractivity contribution in [3.63, 3.8) is 0 Å². The fourth-order valence-electron chi connectivity index (χ4n) is 2.66. The van der Waals surface area contributed by atoms with Gasteiger partial charge in [0.05, 0.1) is 0 Å². The van der Waals surface area contributed by atoms with Gasteiger partial charge in [0.25, 0.3) is 11.5 Å². The van der Waals surface area contributed by atoms with E-state index in [0.717, 1.165) is 18.4 Å². The van der Waals surface area contributed by atoms with Crippen molar-refractivity contribution in [3.05, 3.63) is 34.2 Å². The first-order chi connectivity index (χ1) is 9.96. The second-order valence-electron chi connectivity index (χ2n) is 6.16. The highest BCUT2D eigenvalue weighted by Crippen LogP contribution is 2.29. The molecule has 1 aromatic heterocycles. The van der Waals surface area contributed by atoms with Crippen LogP contribution in [0.5, 0.6) is 0 Å². The number of likely N-dealkylation sites (tertiary alicyclic amines) is 1. The third kappa shape index (κ3) is 3.15. The van der Waals surface area contributed by atoms with Crippen LogP contribution in [0.15, 0.2) is 23.1 Å². The molecule has 1 atom stereocenters. The smallest absolute Gasteiger partial charge is 0.259 e. The number of halogens is 1. The van der Waals surface area contributed by atoms with Crippen molar-refractivity contribution in [2.24, 2.45) is 7.05 Å². The molecule has 1 saturated carbocycles. The lowest BCUT2D eigenvalue weighted by molar-refractivity contribution is -0.132. The highest BCUT2D eigenvalue weighted by molar-refractivity contribution is 5.86. The van der Waals surface area contributed by atoms with Gasteiger partial charge in [-0.2, -0.15) is 0 Å². The molecule has 1 saturated heterocycles. The molecule has 6 heteroatoms. The average molecular weight is 293 g/mol. The van der Waals surface area contributed by atoms with E-state index in [1.807, 2.05) is 11.0 Å². The van der Waals surface area contributed by atoms with Crippen molar-refractivity contribution in [1.29, 1.82) is 0 Å². The zero-order valence-corrected chi connectivity index (χ0v) is 12.1. The fourth-order valence-corrected chi connectivity index (χ4v) is 2.66. The highest BCUT2D eigenvalue weighted by Gasteiger charge is 2.46. The highest BCUT2D eigenvalue weighted by atomic mass is 19.1. The molecule has 2 heterocycles. The van der Waals surface area contributed by atoms with Crippen LogP contribution in [-0.4, -0.2) is 40.2 Å². The standard InChI is InChI=1S/C15H20FN3O2/c1-18-6-4-11(8-13(18)20)9-19-7-5-15(16,10-19)14(21)17-12-2-3-12/h4,6,8,12H,2-3,5,7,9-10H2,1H3,(H,17,21). The van der Waals surface area contributed by atoms with Crippen LogP contribution in [0.1, 0.15) is 24.8 Å². The van der Waals surface area contributed by atoms with Crippen molar-refractivity contribution in [3.8, 4) is 0 Å². The molecule has 3 rings (SSSR count). The predicted molar refractivity (Wildman–Crippen MR) is 76.6 cm³/mol. The lowest BCUT2D eigenvalue weighted by Crippen LogP contribution is -2.46. The summed E-state index contributed by atoms with van der Waals surface area (Å²) in [6.07, 6.45) is 3.84. The third-order valence-corrected chi connectivity index (χ3v) is 4.19. The molecule has 21 heavy (non-hydrogen) atoms. The molecule has 1 unspecified atom stereocenters. The summed E-state index contributed by atoms with van der Waals surface area (Å²) in [5, 5.41) is 2.74. The Bertz CT molecular complexity index is 611. The Morgan fingerprint density at radius 3 is 2.95 bits per heavy atom. The molecule has 1 aromatic rings. The Morgan fingerprint density at radius 1 is 1.52 bits per heavy atom. The summed E-state index contributed by atoms with van der Waals surface area (Å²) in [5.41, 5.74) is -1.02. The molecule has 1 aliphatic carbocycles. The Labute approximate surface area is 122 Å². The molecule has 1 aliphatic heterocycles. The van der Waals surface area contributed by atoms with Crippen LogP contribution < -0.4 is 10.9 Å². The van der Waals surface area contributed by atoms with Crippen molar-refractivity contribution < 1.29 is 9.18 Å². The molecule has 5 nitrogen and oxygen atoms in total. The molecule has 0 bridgehead atoms. The molecular weight excluding hydrogens is 273 g/mol. The maximum absolute atomic E-state index is 14.7. The fraction of sp³-hybridized carbons (Fsp3) is 0.600. The van der Waals surface area contributed by atoms with Gasteiger partial charge in [0.2, 0.25) is 5.67 Å². The topological polar surface area (TPSA) is 54.3 Å². The average Bonchev–Trinajstić information content (AvgIpc) is 3.17. The Balaban J connectivity index is 1.61. The molecule has 0 aromatic carbocycles. The van der Waals surface area contributed by atoms with Gasteiger partial charge in [0, 0.05) is 51.4 Å². The summed E-state index contributed by atoms with van der Waals surface area (Å²) in [4.78, 5) is 25.4. The van der Waals surface area contributed by atoms with E-state index in [1.165, 1.54) is 4.57 Å². The van der Waals surface area contributed by atoms with Crippen molar-refractivity contribution in [1.82, 2.24) is 14.8 Å². The van der Waals surface area contributed by atoms with Gasteiger partial charge in [-0.1, -0.05) is 0 Å². The van der Waals surface area contributed by atoms with Crippen molar-refractivity contribution in [2.75, 3.05) is 13.1 Å². The largest absolute Gasteiger partial charge is 0.351 e. The number of pyridine rings is 1. The third-order valence-electron chi connectivity index (χ3n) is 4.19. The molecule has 1 N–H and O–H groups in total. The van der Waals surface area contributed by atoms with Gasteiger partial charge in [0.1, 0.15) is 0 Å². The van der Waals surface area contributed by atoms with Crippen LogP contribution in [0.4, 0.5) is 4.39 Å². The van der Waals surface area contributed by atoms with Gasteiger partial charge >= 0.3 is 0 Å². The summed E-state index contributed by atoms with van der Waals surface area (Å²) in [7, 11) is 1.69. The van der Waals surface area contributed by atoms with E-state index in [1.54, 1.807) is 19.3 Å². The second-order valence-corrected chi connectivity index (χ2v) is 6.16. The summed E-state index contributed by atoms with van der Waals surface area (Å²) >= 11 is 0. The Morgan fingerprint density at radius 2 is 2.29 bits per heavy atom. The maximum Gasteiger partial charge on any atom is 0.259 e. The zero-order chi connectivity index (χ0) is 15.0. The van der Waals surface area contributed by atoms with Crippen LogP contribution in [-0.2, 0) is 18.4 Å². The first kappa shape index (κ1) is 14.3. The number of hydrogen-bond donors (Lipinski definition) is 1. The molecule has 114 valence electrons. The first-order valence-electron chi connectivity index (χ1n) is 7.34. The van der Waals surface area contributed by atoms with Gasteiger partial charge in [-0.05, 0) is 24.5 Å². The second kappa shape index (κ2) is 5.26. The van der Waals surface area contributed by atoms with E-state index in [4.69, 9.17) is 0 Å². The van der Waals surface area contributed by atoms with E-state index >= 15 is 0 Å². The first-order valence-corrected chi connectivity index (χ1v) is 7.34. The van der Waals surface area contributed by atoms with Crippen LogP contribution in [0, 0.1) is 0 Å². The monoisotopic (exact) mass is 293 g/mol. The number of nitrogens with one attached hydrogen (secondary N) is 1. The SMILES string of the molecule is Cn1ccc(CN2CCC(F)(C(=O)NC3CC3)C2)cc1=O. The van der Waals surface area contributed by atoms with Crippen molar-refractivity contribution in [2.45, 2.75) is 37.5 Å². The molecule has 1 amide bonds. The van der Waals surface area contributed by atoms with Crippen LogP contribution in [0.3, 0.4) is 0 Å². The number of carbonyl (C=O) groups is 1. The van der Waals surface area contributed by atoms with Crippen molar-refractivity contribution >= 4 is 5.91 Å². The Kier molecular flexibility index (Phi) is 3.57. The molecule has 0 spiro atoms. The van der Waals surface area contributed by atoms with Gasteiger partial charge in [-0.3, -0.25) is 14.5 Å². The number of hydrogen-bond acceptors (Lipinski definition) is 3. The minimum atomic E-state index is -1.79. The Hall–Kier alpha value is -1.69. The van der Waals surface area contributed by atoms with E-state index in [9.17, 15) is 14.0 Å². The summed E-state index contributed by atoms with van der Waals surface area (Å²) in [6.45, 7) is 1.13. The minimum absolute atomic E-state index is 0.0790. The summed E-state index contributed by atoms with van der Waals surface area (Å²) < 4.78 is 16.2. The summed E-state index contributed by atoms with van der Waals surface area (Å²) in [5.74, 6) is -0.475. The normalized spacial score (nSPS) is 26.0. The van der Waals surface area contributed by atoms with Crippen LogP contribution in [0.2, 0.25) is 0 Å². The maximum atomic E-state index is 14.7. The van der Waals surface area contributed by atoms with Gasteiger partial charge in [-0.25, -0.2) is 4.39 Å². The number of rotatable bonds is 4. The lowest BCUT2D eigenvalue weighted by atomic mass is 10.0. The van der Waals surface area contributed by atoms with Crippen LogP contribution >= 0.6 is 0 Å². The van der Waals surface area contributed by atoms with Gasteiger partial charge in [0.15, 0.2) is 0 Å². The van der Waals surface area contributed by atoms with Gasteiger partial charge in [-0.15, -0.1) is 0 Å². The zero-order valence-electron chi connectivity index (χ0n) is 12.1. The molecule has 0 radical (unpaired) electrons. The van der Waals surface area contributed by atoms with E-state index < -0.39 is 11.6 Å². The number of aryl methyl sites for hydroxylation is 1. The quantitative estimate of drug-likeness (QED) is 0.883. The number of alkyl halides is 1. The number of aromatic nitrogens is 1. The lowest BCUT2D eigenvalue weighted by Gasteiger charge is -2.20. The molecular formula is C15H20FN3O2. The van der Waals surface area contributed by atoms with E-state index in [-0.39, 0.29) is 24.6 Å². The molecule has 2 fully saturated rings. The number of carbonyl (C=O) groups excluding carboxylic acids is 1. The van der Waals surface area contributed by atoms with E-state index in [0.29, 0.717) is 13.1 Å². The minimum Gasteiger partial charge on any atom is -0.351 e. The summed E-state index contributed by atoms with van der Waals surface area (Å²) in [6, 6.07) is 3.59. The van der Waals surface area contributed by atoms with Gasteiger partial charge < -0.3 is 9.88 Å². The number of amides is 1. The molecule has 2 aliphatic rings. The van der Waals surface area contributed by atoms with Crippen LogP contribution in [0.25, 0.3) is 0 Å². The predicted octanol–water partition coefficient (Wildman–Crippen LogP) is 0.578.